The van der Waals surface area contributed by atoms with Gasteiger partial charge in [-0.2, -0.15) is 0 Å². The maximum absolute atomic E-state index is 11.4. The van der Waals surface area contributed by atoms with Crippen molar-refractivity contribution in [2.45, 2.75) is 103 Å². The summed E-state index contributed by atoms with van der Waals surface area (Å²) in [6.45, 7) is 4.92. The number of carbonyl (C=O) groups is 1. The lowest BCUT2D eigenvalue weighted by atomic mass is 10.1. The lowest BCUT2D eigenvalue weighted by Gasteiger charge is -2.15. The Balaban J connectivity index is 3.36. The van der Waals surface area contributed by atoms with Gasteiger partial charge in [0.2, 0.25) is 0 Å². The Kier molecular flexibility index (Phi) is 21.3. The van der Waals surface area contributed by atoms with E-state index < -0.39 is 6.10 Å². The third-order valence-electron chi connectivity index (χ3n) is 4.50. The summed E-state index contributed by atoms with van der Waals surface area (Å²) in [7, 11) is 0. The van der Waals surface area contributed by atoms with Crippen molar-refractivity contribution in [1.82, 2.24) is 0 Å². The molecule has 0 fully saturated rings. The molecule has 0 spiro atoms. The van der Waals surface area contributed by atoms with E-state index in [-0.39, 0.29) is 19.2 Å². The Morgan fingerprint density at radius 2 is 1.50 bits per heavy atom. The van der Waals surface area contributed by atoms with Crippen LogP contribution in [0.25, 0.3) is 0 Å². The first-order valence-electron chi connectivity index (χ1n) is 11.4. The number of hydrogen-bond donors (Lipinski definition) is 1. The zero-order chi connectivity index (χ0) is 20.7. The summed E-state index contributed by atoms with van der Waals surface area (Å²) in [6.07, 6.45) is 23.1. The Morgan fingerprint density at radius 3 is 2.14 bits per heavy atom. The van der Waals surface area contributed by atoms with E-state index in [1.54, 1.807) is 0 Å². The fourth-order valence-electron chi connectivity index (χ4n) is 2.79. The zero-order valence-corrected chi connectivity index (χ0v) is 18.4. The van der Waals surface area contributed by atoms with Crippen LogP contribution in [0.5, 0.6) is 0 Å². The van der Waals surface area contributed by atoms with E-state index in [4.69, 9.17) is 9.47 Å². The smallest absolute Gasteiger partial charge is 0.306 e. The van der Waals surface area contributed by atoms with Crippen molar-refractivity contribution in [1.29, 1.82) is 0 Å². The van der Waals surface area contributed by atoms with Crippen molar-refractivity contribution in [2.75, 3.05) is 19.8 Å². The molecule has 28 heavy (non-hydrogen) atoms. The summed E-state index contributed by atoms with van der Waals surface area (Å²) < 4.78 is 10.7. The fraction of sp³-hybridized carbons (Fsp3) is 0.792. The molecule has 0 aromatic carbocycles. The molecule has 0 radical (unpaired) electrons. The van der Waals surface area contributed by atoms with Crippen LogP contribution in [0.15, 0.2) is 24.3 Å². The minimum absolute atomic E-state index is 0.182. The predicted octanol–water partition coefficient (Wildman–Crippen LogP) is 6.13. The number of hydrogen-bond acceptors (Lipinski definition) is 4. The van der Waals surface area contributed by atoms with E-state index >= 15 is 0 Å². The molecule has 0 aliphatic carbocycles. The van der Waals surface area contributed by atoms with Gasteiger partial charge in [-0.05, 0) is 38.5 Å². The van der Waals surface area contributed by atoms with Crippen LogP contribution in [0.4, 0.5) is 0 Å². The topological polar surface area (TPSA) is 55.8 Å². The van der Waals surface area contributed by atoms with E-state index in [2.05, 4.69) is 31.2 Å². The highest BCUT2D eigenvalue weighted by Gasteiger charge is 2.12. The number of rotatable bonds is 20. The van der Waals surface area contributed by atoms with Crippen LogP contribution in [-0.4, -0.2) is 37.0 Å². The van der Waals surface area contributed by atoms with Gasteiger partial charge in [-0.1, -0.05) is 76.7 Å². The molecule has 0 amide bonds. The zero-order valence-electron chi connectivity index (χ0n) is 18.4. The van der Waals surface area contributed by atoms with E-state index in [1.165, 1.54) is 51.4 Å². The quantitative estimate of drug-likeness (QED) is 0.153. The van der Waals surface area contributed by atoms with Gasteiger partial charge in [0, 0.05) is 13.0 Å². The molecule has 0 aromatic rings. The molecule has 1 N–H and O–H groups in total. The van der Waals surface area contributed by atoms with Crippen LogP contribution >= 0.6 is 0 Å². The molecule has 0 bridgehead atoms. The SMILES string of the molecule is CCCC/C=C\C/C=C\CCCCCCCCOCC(CO)OC(=O)CCC. The summed E-state index contributed by atoms with van der Waals surface area (Å²) in [5.41, 5.74) is 0. The lowest BCUT2D eigenvalue weighted by molar-refractivity contribution is -0.154. The minimum atomic E-state index is -0.529. The van der Waals surface area contributed by atoms with Crippen LogP contribution < -0.4 is 0 Å². The second kappa shape index (κ2) is 22.2. The molecular weight excluding hydrogens is 352 g/mol. The number of carbonyl (C=O) groups excluding carboxylic acids is 1. The average molecular weight is 397 g/mol. The van der Waals surface area contributed by atoms with Gasteiger partial charge < -0.3 is 14.6 Å². The molecule has 0 aliphatic heterocycles. The first kappa shape index (κ1) is 26.9. The van der Waals surface area contributed by atoms with Crippen molar-refractivity contribution >= 4 is 5.97 Å². The molecule has 4 heteroatoms. The largest absolute Gasteiger partial charge is 0.457 e. The number of aliphatic hydroxyl groups is 1. The highest BCUT2D eigenvalue weighted by atomic mass is 16.6. The molecule has 0 rings (SSSR count). The first-order valence-corrected chi connectivity index (χ1v) is 11.4. The average Bonchev–Trinajstić information content (AvgIpc) is 2.69. The van der Waals surface area contributed by atoms with Crippen LogP contribution in [0, 0.1) is 0 Å². The fourth-order valence-corrected chi connectivity index (χ4v) is 2.79. The Bertz CT molecular complexity index is 390. The third-order valence-corrected chi connectivity index (χ3v) is 4.50. The molecule has 0 aromatic heterocycles. The molecular formula is C24H44O4. The second-order valence-electron chi connectivity index (χ2n) is 7.35. The number of ether oxygens (including phenoxy) is 2. The van der Waals surface area contributed by atoms with Gasteiger partial charge in [0.15, 0.2) is 0 Å². The van der Waals surface area contributed by atoms with Crippen LogP contribution in [0.2, 0.25) is 0 Å². The molecule has 1 atom stereocenters. The summed E-state index contributed by atoms with van der Waals surface area (Å²) >= 11 is 0. The van der Waals surface area contributed by atoms with Crippen LogP contribution in [0.3, 0.4) is 0 Å². The number of aliphatic hydroxyl groups excluding tert-OH is 1. The number of esters is 1. The van der Waals surface area contributed by atoms with Crippen molar-refractivity contribution < 1.29 is 19.4 Å². The van der Waals surface area contributed by atoms with Gasteiger partial charge in [0.05, 0.1) is 13.2 Å². The summed E-state index contributed by atoms with van der Waals surface area (Å²) in [4.78, 5) is 11.4. The van der Waals surface area contributed by atoms with Crippen LogP contribution in [-0.2, 0) is 14.3 Å². The maximum Gasteiger partial charge on any atom is 0.306 e. The third kappa shape index (κ3) is 19.6. The van der Waals surface area contributed by atoms with Crippen molar-refractivity contribution in [3.05, 3.63) is 24.3 Å². The normalized spacial score (nSPS) is 12.8. The van der Waals surface area contributed by atoms with Gasteiger partial charge >= 0.3 is 5.97 Å². The van der Waals surface area contributed by atoms with Gasteiger partial charge in [-0.15, -0.1) is 0 Å². The lowest BCUT2D eigenvalue weighted by Crippen LogP contribution is -2.27. The Morgan fingerprint density at radius 1 is 0.857 bits per heavy atom. The molecule has 0 heterocycles. The van der Waals surface area contributed by atoms with Gasteiger partial charge in [-0.3, -0.25) is 4.79 Å². The summed E-state index contributed by atoms with van der Waals surface area (Å²) in [5.74, 6) is -0.261. The van der Waals surface area contributed by atoms with Gasteiger partial charge in [0.1, 0.15) is 6.10 Å². The van der Waals surface area contributed by atoms with Gasteiger partial charge in [-0.25, -0.2) is 0 Å². The van der Waals surface area contributed by atoms with E-state index in [0.29, 0.717) is 13.0 Å². The molecule has 4 nitrogen and oxygen atoms in total. The van der Waals surface area contributed by atoms with E-state index in [0.717, 1.165) is 25.7 Å². The van der Waals surface area contributed by atoms with Crippen molar-refractivity contribution in [3.63, 3.8) is 0 Å². The Labute approximate surface area is 173 Å². The number of allylic oxidation sites excluding steroid dienone is 4. The standard InChI is InChI=1S/C24H44O4/c1-3-5-6-7-8-9-10-11-12-13-14-15-16-17-18-20-27-22-23(21-25)28-24(26)19-4-2/h7-8,10-11,23,25H,3-6,9,12-22H2,1-2H3/b8-7-,11-10-. The molecule has 0 aliphatic rings. The second-order valence-corrected chi connectivity index (χ2v) is 7.35. The predicted molar refractivity (Wildman–Crippen MR) is 117 cm³/mol. The van der Waals surface area contributed by atoms with Crippen molar-refractivity contribution in [3.8, 4) is 0 Å². The first-order chi connectivity index (χ1) is 13.7. The highest BCUT2D eigenvalue weighted by Crippen LogP contribution is 2.08. The van der Waals surface area contributed by atoms with E-state index in [1.807, 2.05) is 6.92 Å². The molecule has 1 unspecified atom stereocenters. The summed E-state index contributed by atoms with van der Waals surface area (Å²) in [5, 5.41) is 9.21. The molecule has 164 valence electrons. The van der Waals surface area contributed by atoms with E-state index in [9.17, 15) is 9.90 Å². The molecule has 0 saturated carbocycles. The minimum Gasteiger partial charge on any atom is -0.457 e. The van der Waals surface area contributed by atoms with Gasteiger partial charge in [0.25, 0.3) is 0 Å². The molecule has 0 saturated heterocycles. The highest BCUT2D eigenvalue weighted by molar-refractivity contribution is 5.69. The summed E-state index contributed by atoms with van der Waals surface area (Å²) in [6, 6.07) is 0. The monoisotopic (exact) mass is 396 g/mol. The number of unbranched alkanes of at least 4 members (excludes halogenated alkanes) is 8. The van der Waals surface area contributed by atoms with Crippen molar-refractivity contribution in [2.24, 2.45) is 0 Å². The van der Waals surface area contributed by atoms with Crippen LogP contribution in [0.1, 0.15) is 97.3 Å². The maximum atomic E-state index is 11.4. The Hall–Kier alpha value is -1.13.